The zero-order chi connectivity index (χ0) is 13.2. The summed E-state index contributed by atoms with van der Waals surface area (Å²) in [6.07, 6.45) is 5.01. The molecule has 3 nitrogen and oxygen atoms in total. The summed E-state index contributed by atoms with van der Waals surface area (Å²) in [5.41, 5.74) is 1.80. The van der Waals surface area contributed by atoms with Gasteiger partial charge in [0, 0.05) is 17.7 Å². The number of hydrogen-bond donors (Lipinski definition) is 1. The highest BCUT2D eigenvalue weighted by Crippen LogP contribution is 2.14. The minimum Gasteiger partial charge on any atom is -0.303 e. The Morgan fingerprint density at radius 1 is 1.33 bits per heavy atom. The third-order valence-corrected chi connectivity index (χ3v) is 2.83. The molecule has 0 aliphatic heterocycles. The van der Waals surface area contributed by atoms with Gasteiger partial charge in [-0.05, 0) is 12.5 Å². The monoisotopic (exact) mass is 266 g/mol. The van der Waals surface area contributed by atoms with Crippen LogP contribution in [0.3, 0.4) is 0 Å². The number of nitrogens with one attached hydrogen (secondary N) is 1. The van der Waals surface area contributed by atoms with Crippen LogP contribution in [0.25, 0.3) is 10.9 Å². The van der Waals surface area contributed by atoms with Crippen molar-refractivity contribution in [3.8, 4) is 0 Å². The van der Waals surface area contributed by atoms with Crippen molar-refractivity contribution in [3.05, 3.63) is 30.0 Å². The molecule has 0 unspecified atom stereocenters. The van der Waals surface area contributed by atoms with Crippen LogP contribution in [0, 0.1) is 0 Å². The van der Waals surface area contributed by atoms with E-state index >= 15 is 0 Å². The molecule has 0 saturated carbocycles. The maximum atomic E-state index is 10.3. The van der Waals surface area contributed by atoms with Crippen LogP contribution in [0.2, 0.25) is 0 Å². The van der Waals surface area contributed by atoms with Gasteiger partial charge >= 0.3 is 0 Å². The first-order valence-corrected chi connectivity index (χ1v) is 6.78. The number of H-pyrrole nitrogens is 1. The smallest absolute Gasteiger partial charge is 0.125 e. The normalized spacial score (nSPS) is 9.89. The molecule has 0 radical (unpaired) electrons. The number of halogens is 1. The van der Waals surface area contributed by atoms with Crippen LogP contribution in [-0.4, -0.2) is 22.4 Å². The highest BCUT2D eigenvalue weighted by molar-refractivity contribution is 6.17. The van der Waals surface area contributed by atoms with Gasteiger partial charge in [-0.1, -0.05) is 38.0 Å². The Bertz CT molecular complexity index is 464. The number of carbonyl (C=O) groups excluding carboxylic acids is 1. The number of para-hydroxylation sites is 1. The van der Waals surface area contributed by atoms with Crippen LogP contribution in [0.1, 0.15) is 31.9 Å². The Balaban J connectivity index is 0.000000232. The van der Waals surface area contributed by atoms with Crippen LogP contribution >= 0.6 is 11.6 Å². The predicted molar refractivity (Wildman–Crippen MR) is 76.1 cm³/mol. The quantitative estimate of drug-likeness (QED) is 0.509. The Kier molecular flexibility index (Phi) is 7.11. The molecule has 1 heterocycles. The lowest BCUT2D eigenvalue weighted by atomic mass is 10.2. The van der Waals surface area contributed by atoms with Crippen LogP contribution < -0.4 is 0 Å². The van der Waals surface area contributed by atoms with Crippen LogP contribution in [0.4, 0.5) is 0 Å². The van der Waals surface area contributed by atoms with Gasteiger partial charge in [-0.25, -0.2) is 0 Å². The Morgan fingerprint density at radius 2 is 2.11 bits per heavy atom. The zero-order valence-corrected chi connectivity index (χ0v) is 11.4. The summed E-state index contributed by atoms with van der Waals surface area (Å²) in [5.74, 6) is 0.827. The largest absolute Gasteiger partial charge is 0.303 e. The van der Waals surface area contributed by atoms with E-state index < -0.39 is 0 Å². The van der Waals surface area contributed by atoms with E-state index in [1.807, 2.05) is 24.3 Å². The number of hydrogen-bond acceptors (Lipinski definition) is 2. The van der Waals surface area contributed by atoms with E-state index in [1.165, 1.54) is 19.3 Å². The molecule has 0 amide bonds. The molecule has 0 atom stereocenters. The first kappa shape index (κ1) is 14.7. The number of aromatic amines is 1. The third-order valence-electron chi connectivity index (χ3n) is 2.57. The van der Waals surface area contributed by atoms with Crippen LogP contribution in [-0.2, 0) is 11.2 Å². The van der Waals surface area contributed by atoms with E-state index in [4.69, 9.17) is 11.6 Å². The molecule has 4 heteroatoms. The van der Waals surface area contributed by atoms with Gasteiger partial charge in [-0.3, -0.25) is 5.10 Å². The van der Waals surface area contributed by atoms with E-state index in [1.54, 1.807) is 0 Å². The lowest BCUT2D eigenvalue weighted by molar-refractivity contribution is -0.107. The number of rotatable bonds is 5. The molecule has 98 valence electrons. The molecular weight excluding hydrogens is 248 g/mol. The number of aldehydes is 1. The highest BCUT2D eigenvalue weighted by Gasteiger charge is 2.01. The van der Waals surface area contributed by atoms with Crippen molar-refractivity contribution in [1.82, 2.24) is 10.2 Å². The van der Waals surface area contributed by atoms with Gasteiger partial charge < -0.3 is 4.79 Å². The number of alkyl halides is 1. The summed E-state index contributed by atoms with van der Waals surface area (Å²) in [5, 5.41) is 7.92. The molecule has 1 aromatic heterocycles. The Hall–Kier alpha value is -1.35. The van der Waals surface area contributed by atoms with Crippen molar-refractivity contribution in [2.24, 2.45) is 0 Å². The summed E-state index contributed by atoms with van der Waals surface area (Å²) in [4.78, 5) is 10.3. The van der Waals surface area contributed by atoms with E-state index in [9.17, 15) is 4.79 Å². The minimum atomic E-state index is 0.403. The van der Waals surface area contributed by atoms with Crippen molar-refractivity contribution in [1.29, 1.82) is 0 Å². The lowest BCUT2D eigenvalue weighted by Gasteiger charge is -1.88. The topological polar surface area (TPSA) is 45.8 Å². The second-order valence-electron chi connectivity index (χ2n) is 3.99. The second-order valence-corrected chi connectivity index (χ2v) is 4.36. The van der Waals surface area contributed by atoms with Gasteiger partial charge in [0.05, 0.1) is 11.2 Å². The fraction of sp³-hybridized carbons (Fsp3) is 0.429. The minimum absolute atomic E-state index is 0.403. The maximum Gasteiger partial charge on any atom is 0.125 e. The fourth-order valence-electron chi connectivity index (χ4n) is 1.60. The van der Waals surface area contributed by atoms with Gasteiger partial charge in [0.2, 0.25) is 0 Å². The molecule has 0 aliphatic carbocycles. The van der Waals surface area contributed by atoms with Crippen LogP contribution in [0.15, 0.2) is 24.3 Å². The van der Waals surface area contributed by atoms with E-state index in [0.717, 1.165) is 28.8 Å². The second kappa shape index (κ2) is 8.70. The fourth-order valence-corrected chi connectivity index (χ4v) is 1.79. The molecular formula is C14H19ClN2O. The molecule has 2 aromatic rings. The maximum absolute atomic E-state index is 10.3. The SMILES string of the molecule is CCCCCCl.O=CCc1[nH]nc2ccccc12. The molecule has 0 spiro atoms. The lowest BCUT2D eigenvalue weighted by Crippen LogP contribution is -1.85. The Morgan fingerprint density at radius 3 is 2.72 bits per heavy atom. The van der Waals surface area contributed by atoms with Crippen molar-refractivity contribution >= 4 is 28.8 Å². The van der Waals surface area contributed by atoms with Gasteiger partial charge in [0.1, 0.15) is 6.29 Å². The van der Waals surface area contributed by atoms with E-state index in [0.29, 0.717) is 6.42 Å². The van der Waals surface area contributed by atoms with Crippen molar-refractivity contribution in [2.75, 3.05) is 5.88 Å². The number of nitrogens with zero attached hydrogens (tertiary/aromatic N) is 1. The average Bonchev–Trinajstić information content (AvgIpc) is 2.81. The number of benzene rings is 1. The molecule has 1 N–H and O–H groups in total. The first-order chi connectivity index (χ1) is 8.83. The summed E-state index contributed by atoms with van der Waals surface area (Å²) >= 11 is 5.38. The number of unbranched alkanes of at least 4 members (excludes halogenated alkanes) is 2. The van der Waals surface area contributed by atoms with Crippen molar-refractivity contribution < 1.29 is 4.79 Å². The molecule has 2 rings (SSSR count). The van der Waals surface area contributed by atoms with Gasteiger partial charge in [0.25, 0.3) is 0 Å². The van der Waals surface area contributed by atoms with Gasteiger partial charge in [-0.15, -0.1) is 11.6 Å². The van der Waals surface area contributed by atoms with E-state index in [-0.39, 0.29) is 0 Å². The Labute approximate surface area is 113 Å². The summed E-state index contributed by atoms with van der Waals surface area (Å²) < 4.78 is 0. The van der Waals surface area contributed by atoms with E-state index in [2.05, 4.69) is 17.1 Å². The third kappa shape index (κ3) is 4.49. The highest BCUT2D eigenvalue weighted by atomic mass is 35.5. The molecule has 18 heavy (non-hydrogen) atoms. The summed E-state index contributed by atoms with van der Waals surface area (Å²) in [6.45, 7) is 2.17. The molecule has 0 fully saturated rings. The molecule has 0 saturated heterocycles. The first-order valence-electron chi connectivity index (χ1n) is 6.25. The molecule has 0 bridgehead atoms. The van der Waals surface area contributed by atoms with Gasteiger partial charge in [0.15, 0.2) is 0 Å². The van der Waals surface area contributed by atoms with Gasteiger partial charge in [-0.2, -0.15) is 5.10 Å². The molecule has 1 aromatic carbocycles. The predicted octanol–water partition coefficient (Wildman–Crippen LogP) is 3.72. The van der Waals surface area contributed by atoms with Crippen LogP contribution in [0.5, 0.6) is 0 Å². The zero-order valence-electron chi connectivity index (χ0n) is 10.7. The number of aromatic nitrogens is 2. The standard InChI is InChI=1S/C9H8N2O.C5H11Cl/c12-6-5-9-7-3-1-2-4-8(7)10-11-9;1-2-3-4-5-6/h1-4,6H,5H2,(H,10,11);2-5H2,1H3. The van der Waals surface area contributed by atoms with Crippen molar-refractivity contribution in [3.63, 3.8) is 0 Å². The van der Waals surface area contributed by atoms with Crippen molar-refractivity contribution in [2.45, 2.75) is 32.6 Å². The molecule has 0 aliphatic rings. The number of carbonyl (C=O) groups is 1. The average molecular weight is 267 g/mol. The number of fused-ring (bicyclic) bond motifs is 1. The summed E-state index contributed by atoms with van der Waals surface area (Å²) in [6, 6.07) is 7.73. The summed E-state index contributed by atoms with van der Waals surface area (Å²) in [7, 11) is 0.